The summed E-state index contributed by atoms with van der Waals surface area (Å²) in [5.41, 5.74) is 10.0. The van der Waals surface area contributed by atoms with Crippen molar-refractivity contribution in [1.82, 2.24) is 0 Å². The van der Waals surface area contributed by atoms with Gasteiger partial charge in [-0.2, -0.15) is 0 Å². The zero-order chi connectivity index (χ0) is 16.3. The van der Waals surface area contributed by atoms with E-state index in [1.54, 1.807) is 12.1 Å². The Labute approximate surface area is 129 Å². The van der Waals surface area contributed by atoms with Crippen molar-refractivity contribution in [3.05, 3.63) is 53.1 Å². The average Bonchev–Trinajstić information content (AvgIpc) is 2.46. The second-order valence-electron chi connectivity index (χ2n) is 5.27. The number of para-hydroxylation sites is 1. The first kappa shape index (κ1) is 15.6. The second-order valence-corrected chi connectivity index (χ2v) is 5.27. The number of rotatable bonds is 2. The van der Waals surface area contributed by atoms with E-state index in [1.807, 2.05) is 45.0 Å². The molecule has 2 rings (SSSR count). The fraction of sp³-hybridized carbons (Fsp3) is 0.176. The van der Waals surface area contributed by atoms with E-state index < -0.39 is 11.8 Å². The molecule has 2 amide bonds. The number of benzene rings is 2. The van der Waals surface area contributed by atoms with Crippen molar-refractivity contribution < 1.29 is 9.59 Å². The van der Waals surface area contributed by atoms with Crippen molar-refractivity contribution in [2.75, 3.05) is 16.4 Å². The summed E-state index contributed by atoms with van der Waals surface area (Å²) < 4.78 is 0. The Morgan fingerprint density at radius 2 is 1.50 bits per heavy atom. The van der Waals surface area contributed by atoms with E-state index >= 15 is 0 Å². The van der Waals surface area contributed by atoms with Crippen LogP contribution in [0.15, 0.2) is 36.4 Å². The van der Waals surface area contributed by atoms with Crippen LogP contribution in [0, 0.1) is 20.8 Å². The largest absolute Gasteiger partial charge is 0.397 e. The van der Waals surface area contributed by atoms with Gasteiger partial charge < -0.3 is 16.4 Å². The van der Waals surface area contributed by atoms with Crippen LogP contribution < -0.4 is 16.4 Å². The van der Waals surface area contributed by atoms with Gasteiger partial charge in [0.05, 0.1) is 11.4 Å². The fourth-order valence-electron chi connectivity index (χ4n) is 2.14. The van der Waals surface area contributed by atoms with Crippen LogP contribution in [0.4, 0.5) is 17.1 Å². The van der Waals surface area contributed by atoms with Gasteiger partial charge in [0.2, 0.25) is 0 Å². The Morgan fingerprint density at radius 1 is 0.909 bits per heavy atom. The molecule has 0 heterocycles. The molecule has 0 aromatic heterocycles. The Morgan fingerprint density at radius 3 is 2.14 bits per heavy atom. The molecule has 0 atom stereocenters. The van der Waals surface area contributed by atoms with Crippen LogP contribution in [0.5, 0.6) is 0 Å². The van der Waals surface area contributed by atoms with Gasteiger partial charge >= 0.3 is 11.8 Å². The van der Waals surface area contributed by atoms with Crippen LogP contribution in [0.2, 0.25) is 0 Å². The summed E-state index contributed by atoms with van der Waals surface area (Å²) >= 11 is 0. The van der Waals surface area contributed by atoms with Crippen LogP contribution >= 0.6 is 0 Å². The highest BCUT2D eigenvalue weighted by atomic mass is 16.2. The Balaban J connectivity index is 2.13. The predicted molar refractivity (Wildman–Crippen MR) is 88.8 cm³/mol. The lowest BCUT2D eigenvalue weighted by atomic mass is 10.1. The van der Waals surface area contributed by atoms with E-state index in [9.17, 15) is 9.59 Å². The molecule has 0 saturated carbocycles. The maximum absolute atomic E-state index is 12.1. The van der Waals surface area contributed by atoms with E-state index in [-0.39, 0.29) is 0 Å². The highest BCUT2D eigenvalue weighted by molar-refractivity contribution is 6.44. The SMILES string of the molecule is Cc1ccc(N)c(NC(=O)C(=O)Nc2c(C)cccc2C)c1. The van der Waals surface area contributed by atoms with E-state index in [1.165, 1.54) is 0 Å². The molecule has 5 heteroatoms. The van der Waals surface area contributed by atoms with Crippen molar-refractivity contribution in [3.8, 4) is 0 Å². The van der Waals surface area contributed by atoms with Crippen LogP contribution in [-0.2, 0) is 9.59 Å². The van der Waals surface area contributed by atoms with Gasteiger partial charge in [-0.1, -0.05) is 24.3 Å². The number of carbonyl (C=O) groups is 2. The normalized spacial score (nSPS) is 10.1. The molecule has 0 unspecified atom stereocenters. The van der Waals surface area contributed by atoms with Gasteiger partial charge in [0.15, 0.2) is 0 Å². The molecule has 22 heavy (non-hydrogen) atoms. The molecular weight excluding hydrogens is 278 g/mol. The minimum atomic E-state index is -0.750. The Hall–Kier alpha value is -2.82. The number of hydrogen-bond acceptors (Lipinski definition) is 3. The molecule has 2 aromatic rings. The third-order valence-corrected chi connectivity index (χ3v) is 3.38. The molecule has 0 aliphatic rings. The predicted octanol–water partition coefficient (Wildman–Crippen LogP) is 2.77. The molecule has 0 spiro atoms. The third-order valence-electron chi connectivity index (χ3n) is 3.38. The number of nitrogens with one attached hydrogen (secondary N) is 2. The van der Waals surface area contributed by atoms with Gasteiger partial charge in [0.1, 0.15) is 0 Å². The van der Waals surface area contributed by atoms with Gasteiger partial charge in [-0.25, -0.2) is 0 Å². The van der Waals surface area contributed by atoms with Gasteiger partial charge in [-0.05, 0) is 49.6 Å². The van der Waals surface area contributed by atoms with Gasteiger partial charge in [-0.15, -0.1) is 0 Å². The van der Waals surface area contributed by atoms with Crippen LogP contribution in [-0.4, -0.2) is 11.8 Å². The summed E-state index contributed by atoms with van der Waals surface area (Å²) in [6.07, 6.45) is 0. The molecule has 5 nitrogen and oxygen atoms in total. The lowest BCUT2D eigenvalue weighted by molar-refractivity contribution is -0.133. The molecule has 0 bridgehead atoms. The minimum Gasteiger partial charge on any atom is -0.397 e. The molecule has 2 aromatic carbocycles. The number of nitrogen functional groups attached to an aromatic ring is 1. The van der Waals surface area contributed by atoms with Gasteiger partial charge in [0.25, 0.3) is 0 Å². The van der Waals surface area contributed by atoms with E-state index in [4.69, 9.17) is 5.73 Å². The lowest BCUT2D eigenvalue weighted by Gasteiger charge is -2.12. The molecule has 0 aliphatic carbocycles. The number of aryl methyl sites for hydroxylation is 3. The van der Waals surface area contributed by atoms with Crippen molar-refractivity contribution in [3.63, 3.8) is 0 Å². The first-order chi connectivity index (χ1) is 10.4. The number of carbonyl (C=O) groups excluding carboxylic acids is 2. The first-order valence-electron chi connectivity index (χ1n) is 6.93. The first-order valence-corrected chi connectivity index (χ1v) is 6.93. The monoisotopic (exact) mass is 297 g/mol. The maximum Gasteiger partial charge on any atom is 0.314 e. The molecule has 0 radical (unpaired) electrons. The number of hydrogen-bond donors (Lipinski definition) is 3. The quantitative estimate of drug-likeness (QED) is 0.588. The maximum atomic E-state index is 12.1. The summed E-state index contributed by atoms with van der Waals surface area (Å²) in [6, 6.07) is 10.9. The highest BCUT2D eigenvalue weighted by Crippen LogP contribution is 2.21. The molecule has 0 fully saturated rings. The van der Waals surface area contributed by atoms with Gasteiger partial charge in [0, 0.05) is 5.69 Å². The lowest BCUT2D eigenvalue weighted by Crippen LogP contribution is -2.30. The summed E-state index contributed by atoms with van der Waals surface area (Å²) in [6.45, 7) is 5.63. The van der Waals surface area contributed by atoms with Crippen LogP contribution in [0.3, 0.4) is 0 Å². The molecule has 114 valence electrons. The van der Waals surface area contributed by atoms with Gasteiger partial charge in [-0.3, -0.25) is 9.59 Å². The van der Waals surface area contributed by atoms with Crippen molar-refractivity contribution >= 4 is 28.9 Å². The topological polar surface area (TPSA) is 84.2 Å². The van der Waals surface area contributed by atoms with Crippen molar-refractivity contribution in [2.45, 2.75) is 20.8 Å². The van der Waals surface area contributed by atoms with E-state index in [0.29, 0.717) is 17.1 Å². The van der Waals surface area contributed by atoms with Crippen LogP contribution in [0.25, 0.3) is 0 Å². The van der Waals surface area contributed by atoms with Crippen LogP contribution in [0.1, 0.15) is 16.7 Å². The fourth-order valence-corrected chi connectivity index (χ4v) is 2.14. The third kappa shape index (κ3) is 3.44. The summed E-state index contributed by atoms with van der Waals surface area (Å²) in [7, 11) is 0. The summed E-state index contributed by atoms with van der Waals surface area (Å²) in [5.74, 6) is -1.47. The number of amides is 2. The molecule has 0 aliphatic heterocycles. The smallest absolute Gasteiger partial charge is 0.314 e. The summed E-state index contributed by atoms with van der Waals surface area (Å²) in [5, 5.41) is 5.17. The zero-order valence-electron chi connectivity index (χ0n) is 12.9. The highest BCUT2D eigenvalue weighted by Gasteiger charge is 2.17. The molecule has 4 N–H and O–H groups in total. The Kier molecular flexibility index (Phi) is 4.46. The zero-order valence-corrected chi connectivity index (χ0v) is 12.9. The average molecular weight is 297 g/mol. The second kappa shape index (κ2) is 6.30. The van der Waals surface area contributed by atoms with E-state index in [2.05, 4.69) is 10.6 Å². The minimum absolute atomic E-state index is 0.416. The molecule has 0 saturated heterocycles. The number of nitrogens with two attached hydrogens (primary N) is 1. The Bertz CT molecular complexity index is 718. The standard InChI is InChI=1S/C17H19N3O2/c1-10-7-8-13(18)14(9-10)19-16(21)17(22)20-15-11(2)5-4-6-12(15)3/h4-9H,18H2,1-3H3,(H,19,21)(H,20,22). The van der Waals surface area contributed by atoms with Crippen molar-refractivity contribution in [2.24, 2.45) is 0 Å². The van der Waals surface area contributed by atoms with E-state index in [0.717, 1.165) is 16.7 Å². The molecular formula is C17H19N3O2. The summed E-state index contributed by atoms with van der Waals surface area (Å²) in [4.78, 5) is 24.1. The van der Waals surface area contributed by atoms with Crippen molar-refractivity contribution in [1.29, 1.82) is 0 Å². The number of anilines is 3.